The van der Waals surface area contributed by atoms with E-state index in [0.29, 0.717) is 12.4 Å². The van der Waals surface area contributed by atoms with Crippen molar-refractivity contribution in [2.75, 3.05) is 5.32 Å². The first kappa shape index (κ1) is 20.2. The number of hydrogen-bond donors (Lipinski definition) is 2. The van der Waals surface area contributed by atoms with Crippen molar-refractivity contribution in [1.29, 1.82) is 0 Å². The van der Waals surface area contributed by atoms with E-state index < -0.39 is 0 Å². The lowest BCUT2D eigenvalue weighted by Crippen LogP contribution is -2.32. The number of aryl methyl sites for hydroxylation is 2. The molecule has 1 unspecified atom stereocenters. The molecule has 0 radical (unpaired) electrons. The SMILES string of the molecule is Cc1nc(NC(=O)C2CCc3ncnn3C2)cc(-c2ccccc2)c1C.O=CO. The summed E-state index contributed by atoms with van der Waals surface area (Å²) in [5.74, 6) is 1.42. The summed E-state index contributed by atoms with van der Waals surface area (Å²) in [6, 6.07) is 12.1. The molecule has 29 heavy (non-hydrogen) atoms. The molecule has 0 fully saturated rings. The number of carbonyl (C=O) groups is 2. The molecule has 0 spiro atoms. The number of amides is 1. The lowest BCUT2D eigenvalue weighted by Gasteiger charge is -2.22. The predicted molar refractivity (Wildman–Crippen MR) is 108 cm³/mol. The minimum atomic E-state index is -0.250. The third-order valence-corrected chi connectivity index (χ3v) is 5.03. The molecule has 2 N–H and O–H groups in total. The van der Waals surface area contributed by atoms with E-state index in [9.17, 15) is 4.79 Å². The first-order chi connectivity index (χ1) is 14.0. The predicted octanol–water partition coefficient (Wildman–Crippen LogP) is 2.86. The van der Waals surface area contributed by atoms with E-state index in [0.717, 1.165) is 41.1 Å². The number of nitrogens with zero attached hydrogens (tertiary/aromatic N) is 4. The minimum Gasteiger partial charge on any atom is -0.483 e. The molecule has 8 nitrogen and oxygen atoms in total. The number of pyridine rings is 1. The maximum absolute atomic E-state index is 12.7. The Morgan fingerprint density at radius 3 is 2.72 bits per heavy atom. The van der Waals surface area contributed by atoms with Crippen molar-refractivity contribution in [2.45, 2.75) is 33.2 Å². The van der Waals surface area contributed by atoms with Crippen molar-refractivity contribution >= 4 is 18.2 Å². The number of rotatable bonds is 3. The van der Waals surface area contributed by atoms with E-state index in [2.05, 4.69) is 39.4 Å². The monoisotopic (exact) mass is 393 g/mol. The molecule has 4 rings (SSSR count). The number of fused-ring (bicyclic) bond motifs is 1. The Morgan fingerprint density at radius 1 is 1.28 bits per heavy atom. The van der Waals surface area contributed by atoms with Crippen LogP contribution in [0.1, 0.15) is 23.5 Å². The maximum atomic E-state index is 12.7. The molecule has 8 heteroatoms. The van der Waals surface area contributed by atoms with Gasteiger partial charge in [-0.25, -0.2) is 14.6 Å². The Kier molecular flexibility index (Phi) is 6.33. The molecule has 0 aliphatic carbocycles. The van der Waals surface area contributed by atoms with Gasteiger partial charge >= 0.3 is 0 Å². The van der Waals surface area contributed by atoms with Gasteiger partial charge in [0.05, 0.1) is 12.5 Å². The van der Waals surface area contributed by atoms with E-state index in [-0.39, 0.29) is 18.3 Å². The highest BCUT2D eigenvalue weighted by Gasteiger charge is 2.26. The molecule has 2 aromatic heterocycles. The molecule has 1 aliphatic rings. The van der Waals surface area contributed by atoms with Gasteiger partial charge in [0.15, 0.2) is 0 Å². The van der Waals surface area contributed by atoms with Crippen molar-refractivity contribution in [2.24, 2.45) is 5.92 Å². The zero-order valence-corrected chi connectivity index (χ0v) is 16.4. The largest absolute Gasteiger partial charge is 0.483 e. The quantitative estimate of drug-likeness (QED) is 0.662. The molecule has 150 valence electrons. The second-order valence-electron chi connectivity index (χ2n) is 6.82. The number of anilines is 1. The fourth-order valence-corrected chi connectivity index (χ4v) is 3.40. The summed E-state index contributed by atoms with van der Waals surface area (Å²) >= 11 is 0. The molecule has 1 aliphatic heterocycles. The van der Waals surface area contributed by atoms with Crippen LogP contribution < -0.4 is 5.32 Å². The highest BCUT2D eigenvalue weighted by atomic mass is 16.3. The average Bonchev–Trinajstić information content (AvgIpc) is 3.19. The second kappa shape index (κ2) is 9.09. The van der Waals surface area contributed by atoms with Crippen LogP contribution in [0.15, 0.2) is 42.7 Å². The molecular weight excluding hydrogens is 370 g/mol. The number of carboxylic acid groups (broad SMARTS) is 1. The Labute approximate surface area is 168 Å². The Balaban J connectivity index is 0.000000755. The topological polar surface area (TPSA) is 110 Å². The van der Waals surface area contributed by atoms with Crippen LogP contribution in [0.4, 0.5) is 5.82 Å². The highest BCUT2D eigenvalue weighted by molar-refractivity contribution is 5.92. The van der Waals surface area contributed by atoms with Gasteiger partial charge in [-0.05, 0) is 43.0 Å². The Morgan fingerprint density at radius 2 is 2.00 bits per heavy atom. The maximum Gasteiger partial charge on any atom is 0.290 e. The van der Waals surface area contributed by atoms with Gasteiger partial charge in [-0.15, -0.1) is 0 Å². The first-order valence-corrected chi connectivity index (χ1v) is 9.32. The molecule has 3 aromatic rings. The van der Waals surface area contributed by atoms with E-state index in [1.54, 1.807) is 6.33 Å². The fourth-order valence-electron chi connectivity index (χ4n) is 3.40. The fraction of sp³-hybridized carbons (Fsp3) is 0.286. The Hall–Kier alpha value is -3.55. The molecule has 0 bridgehead atoms. The van der Waals surface area contributed by atoms with Crippen LogP contribution in [0.25, 0.3) is 11.1 Å². The smallest absolute Gasteiger partial charge is 0.290 e. The third-order valence-electron chi connectivity index (χ3n) is 5.03. The molecule has 1 amide bonds. The van der Waals surface area contributed by atoms with Crippen molar-refractivity contribution in [3.63, 3.8) is 0 Å². The van der Waals surface area contributed by atoms with Crippen molar-refractivity contribution < 1.29 is 14.7 Å². The standard InChI is InChI=1S/C20H21N5O.CH2O2/c1-13-14(2)23-18(10-17(13)15-6-4-3-5-7-15)24-20(26)16-8-9-19-21-12-22-25(19)11-16;2-1-3/h3-7,10,12,16H,8-9,11H2,1-2H3,(H,23,24,26);1H,(H,2,3). The van der Waals surface area contributed by atoms with E-state index >= 15 is 0 Å². The average molecular weight is 393 g/mol. The number of benzene rings is 1. The van der Waals surface area contributed by atoms with E-state index in [1.807, 2.05) is 35.9 Å². The van der Waals surface area contributed by atoms with Crippen LogP contribution in [-0.4, -0.2) is 37.2 Å². The lowest BCUT2D eigenvalue weighted by atomic mass is 9.98. The van der Waals surface area contributed by atoms with Crippen LogP contribution in [0.2, 0.25) is 0 Å². The first-order valence-electron chi connectivity index (χ1n) is 9.32. The summed E-state index contributed by atoms with van der Waals surface area (Å²) in [6.07, 6.45) is 3.10. The van der Waals surface area contributed by atoms with Crippen molar-refractivity contribution in [3.8, 4) is 11.1 Å². The van der Waals surface area contributed by atoms with Crippen molar-refractivity contribution in [3.05, 3.63) is 59.8 Å². The number of nitrogens with one attached hydrogen (secondary N) is 1. The summed E-state index contributed by atoms with van der Waals surface area (Å²) in [6.45, 7) is 4.35. The number of hydrogen-bond acceptors (Lipinski definition) is 5. The van der Waals surface area contributed by atoms with Crippen LogP contribution in [0.5, 0.6) is 0 Å². The van der Waals surface area contributed by atoms with Gasteiger partial charge in [-0.3, -0.25) is 9.59 Å². The summed E-state index contributed by atoms with van der Waals surface area (Å²) < 4.78 is 1.82. The molecule has 1 atom stereocenters. The molecule has 3 heterocycles. The number of aromatic nitrogens is 4. The lowest BCUT2D eigenvalue weighted by molar-refractivity contribution is -0.123. The number of carbonyl (C=O) groups excluding carboxylic acids is 1. The van der Waals surface area contributed by atoms with Gasteiger partial charge in [0.25, 0.3) is 6.47 Å². The second-order valence-corrected chi connectivity index (χ2v) is 6.82. The van der Waals surface area contributed by atoms with Crippen LogP contribution >= 0.6 is 0 Å². The van der Waals surface area contributed by atoms with E-state index in [4.69, 9.17) is 9.90 Å². The van der Waals surface area contributed by atoms with Crippen LogP contribution in [-0.2, 0) is 22.6 Å². The zero-order valence-electron chi connectivity index (χ0n) is 16.4. The molecular formula is C21H23N5O3. The van der Waals surface area contributed by atoms with Gasteiger partial charge in [0.2, 0.25) is 5.91 Å². The van der Waals surface area contributed by atoms with Gasteiger partial charge < -0.3 is 10.4 Å². The van der Waals surface area contributed by atoms with Gasteiger partial charge in [-0.2, -0.15) is 5.10 Å². The summed E-state index contributed by atoms with van der Waals surface area (Å²) in [5, 5.41) is 14.1. The van der Waals surface area contributed by atoms with Gasteiger partial charge in [0, 0.05) is 12.1 Å². The van der Waals surface area contributed by atoms with Crippen molar-refractivity contribution in [1.82, 2.24) is 19.7 Å². The van der Waals surface area contributed by atoms with Crippen LogP contribution in [0, 0.1) is 19.8 Å². The molecule has 0 saturated heterocycles. The van der Waals surface area contributed by atoms with E-state index in [1.165, 1.54) is 0 Å². The minimum absolute atomic E-state index is 0.0130. The molecule has 0 saturated carbocycles. The Bertz CT molecular complexity index is 1000. The van der Waals surface area contributed by atoms with Crippen LogP contribution in [0.3, 0.4) is 0 Å². The van der Waals surface area contributed by atoms with Gasteiger partial charge in [-0.1, -0.05) is 30.3 Å². The zero-order chi connectivity index (χ0) is 20.8. The summed E-state index contributed by atoms with van der Waals surface area (Å²) in [4.78, 5) is 29.9. The molecule has 1 aromatic carbocycles. The summed E-state index contributed by atoms with van der Waals surface area (Å²) in [5.41, 5.74) is 4.26. The van der Waals surface area contributed by atoms with Gasteiger partial charge in [0.1, 0.15) is 18.0 Å². The third kappa shape index (κ3) is 4.66. The normalized spacial score (nSPS) is 14.9. The highest BCUT2D eigenvalue weighted by Crippen LogP contribution is 2.28. The summed E-state index contributed by atoms with van der Waals surface area (Å²) in [7, 11) is 0.